The molecule has 0 bridgehead atoms. The lowest BCUT2D eigenvalue weighted by molar-refractivity contribution is -0.125. The zero-order valence-corrected chi connectivity index (χ0v) is 10.5. The van der Waals surface area contributed by atoms with Crippen LogP contribution in [0.25, 0.3) is 0 Å². The molecule has 16 heavy (non-hydrogen) atoms. The number of thioether (sulfide) groups is 1. The van der Waals surface area contributed by atoms with Gasteiger partial charge in [0.25, 0.3) is 0 Å². The Bertz CT molecular complexity index is 236. The van der Waals surface area contributed by atoms with Gasteiger partial charge in [-0.1, -0.05) is 0 Å². The quantitative estimate of drug-likeness (QED) is 0.592. The molecule has 0 saturated carbocycles. The Hall–Kier alpha value is -0.300. The van der Waals surface area contributed by atoms with Gasteiger partial charge in [0.2, 0.25) is 5.91 Å². The Morgan fingerprint density at radius 3 is 2.81 bits per heavy atom. The van der Waals surface area contributed by atoms with Crippen LogP contribution in [0.1, 0.15) is 6.92 Å². The SMILES string of the molecule is CSC(CO)C(C)NC(=O)C1COCC1N. The molecule has 0 aromatic heterocycles. The van der Waals surface area contributed by atoms with E-state index in [-0.39, 0.29) is 35.8 Å². The molecule has 0 spiro atoms. The third-order valence-corrected chi connectivity index (χ3v) is 4.03. The normalized spacial score (nSPS) is 28.8. The van der Waals surface area contributed by atoms with Gasteiger partial charge in [-0.2, -0.15) is 11.8 Å². The minimum Gasteiger partial charge on any atom is -0.395 e. The van der Waals surface area contributed by atoms with E-state index < -0.39 is 0 Å². The molecule has 0 aromatic carbocycles. The summed E-state index contributed by atoms with van der Waals surface area (Å²) in [6.07, 6.45) is 1.91. The van der Waals surface area contributed by atoms with Gasteiger partial charge < -0.3 is 20.9 Å². The minimum absolute atomic E-state index is 0.0162. The van der Waals surface area contributed by atoms with Crippen molar-refractivity contribution in [2.24, 2.45) is 11.7 Å². The third-order valence-electron chi connectivity index (χ3n) is 2.87. The molecule has 4 atom stereocenters. The molecule has 1 aliphatic heterocycles. The Labute approximate surface area is 100 Å². The molecule has 4 N–H and O–H groups in total. The summed E-state index contributed by atoms with van der Waals surface area (Å²) >= 11 is 1.54. The minimum atomic E-state index is -0.261. The smallest absolute Gasteiger partial charge is 0.227 e. The van der Waals surface area contributed by atoms with Crippen molar-refractivity contribution in [2.75, 3.05) is 26.1 Å². The maximum Gasteiger partial charge on any atom is 0.227 e. The highest BCUT2D eigenvalue weighted by molar-refractivity contribution is 7.99. The molecular formula is C10H20N2O3S. The number of hydrogen-bond donors (Lipinski definition) is 3. The van der Waals surface area contributed by atoms with Crippen LogP contribution < -0.4 is 11.1 Å². The first-order chi connectivity index (χ1) is 7.60. The largest absolute Gasteiger partial charge is 0.395 e. The zero-order chi connectivity index (χ0) is 12.1. The van der Waals surface area contributed by atoms with Crippen LogP contribution in [0.15, 0.2) is 0 Å². The molecule has 4 unspecified atom stereocenters. The van der Waals surface area contributed by atoms with Crippen LogP contribution in [0.5, 0.6) is 0 Å². The Balaban J connectivity index is 2.44. The van der Waals surface area contributed by atoms with E-state index in [1.54, 1.807) is 0 Å². The maximum atomic E-state index is 11.8. The van der Waals surface area contributed by atoms with Crippen LogP contribution in [0.2, 0.25) is 0 Å². The van der Waals surface area contributed by atoms with E-state index in [1.165, 1.54) is 11.8 Å². The molecule has 0 radical (unpaired) electrons. The highest BCUT2D eigenvalue weighted by Crippen LogP contribution is 2.14. The van der Waals surface area contributed by atoms with E-state index >= 15 is 0 Å². The Morgan fingerprint density at radius 1 is 1.69 bits per heavy atom. The van der Waals surface area contributed by atoms with Gasteiger partial charge in [-0.25, -0.2) is 0 Å². The van der Waals surface area contributed by atoms with Gasteiger partial charge in [0.15, 0.2) is 0 Å². The number of amides is 1. The highest BCUT2D eigenvalue weighted by atomic mass is 32.2. The lowest BCUT2D eigenvalue weighted by Crippen LogP contribution is -2.47. The van der Waals surface area contributed by atoms with Crippen LogP contribution in [-0.4, -0.2) is 54.4 Å². The molecule has 1 rings (SSSR count). The van der Waals surface area contributed by atoms with Crippen molar-refractivity contribution in [1.82, 2.24) is 5.32 Å². The summed E-state index contributed by atoms with van der Waals surface area (Å²) < 4.78 is 5.14. The highest BCUT2D eigenvalue weighted by Gasteiger charge is 2.32. The third kappa shape index (κ3) is 3.35. The molecule has 1 amide bonds. The fourth-order valence-electron chi connectivity index (χ4n) is 1.70. The van der Waals surface area contributed by atoms with Gasteiger partial charge in [-0.05, 0) is 13.2 Å². The molecule has 5 nitrogen and oxygen atoms in total. The van der Waals surface area contributed by atoms with E-state index in [4.69, 9.17) is 15.6 Å². The monoisotopic (exact) mass is 248 g/mol. The number of hydrogen-bond acceptors (Lipinski definition) is 5. The number of aliphatic hydroxyl groups is 1. The summed E-state index contributed by atoms with van der Waals surface area (Å²) in [5.74, 6) is -0.339. The number of ether oxygens (including phenoxy) is 1. The fraction of sp³-hybridized carbons (Fsp3) is 0.900. The summed E-state index contributed by atoms with van der Waals surface area (Å²) in [6.45, 7) is 2.77. The van der Waals surface area contributed by atoms with Gasteiger partial charge in [0.1, 0.15) is 0 Å². The van der Waals surface area contributed by atoms with Crippen LogP contribution in [0, 0.1) is 5.92 Å². The zero-order valence-electron chi connectivity index (χ0n) is 9.68. The van der Waals surface area contributed by atoms with E-state index in [2.05, 4.69) is 5.32 Å². The summed E-state index contributed by atoms with van der Waals surface area (Å²) in [4.78, 5) is 11.8. The molecule has 94 valence electrons. The predicted octanol–water partition coefficient (Wildman–Crippen LogP) is -0.811. The second-order valence-corrected chi connectivity index (χ2v) is 5.14. The number of carbonyl (C=O) groups excluding carboxylic acids is 1. The van der Waals surface area contributed by atoms with Gasteiger partial charge >= 0.3 is 0 Å². The maximum absolute atomic E-state index is 11.8. The molecule has 1 heterocycles. The average molecular weight is 248 g/mol. The summed E-state index contributed by atoms with van der Waals surface area (Å²) in [5, 5.41) is 12.0. The van der Waals surface area contributed by atoms with E-state index in [0.717, 1.165) is 0 Å². The summed E-state index contributed by atoms with van der Waals surface area (Å²) in [5.41, 5.74) is 5.76. The van der Waals surface area contributed by atoms with E-state index in [0.29, 0.717) is 13.2 Å². The van der Waals surface area contributed by atoms with E-state index in [1.807, 2.05) is 13.2 Å². The summed E-state index contributed by atoms with van der Waals surface area (Å²) in [7, 11) is 0. The first-order valence-corrected chi connectivity index (χ1v) is 6.66. The molecule has 0 aliphatic carbocycles. The summed E-state index contributed by atoms with van der Waals surface area (Å²) in [6, 6.07) is -0.283. The lowest BCUT2D eigenvalue weighted by Gasteiger charge is -2.23. The van der Waals surface area contributed by atoms with Crippen molar-refractivity contribution >= 4 is 17.7 Å². The van der Waals surface area contributed by atoms with Crippen LogP contribution >= 0.6 is 11.8 Å². The molecule has 0 aromatic rings. The van der Waals surface area contributed by atoms with Crippen molar-refractivity contribution in [3.63, 3.8) is 0 Å². The van der Waals surface area contributed by atoms with Crippen LogP contribution in [-0.2, 0) is 9.53 Å². The standard InChI is InChI=1S/C10H20N2O3S/c1-6(9(3-13)16-2)12-10(14)7-4-15-5-8(7)11/h6-9,13H,3-5,11H2,1-2H3,(H,12,14). The van der Waals surface area contributed by atoms with E-state index in [9.17, 15) is 4.79 Å². The number of rotatable bonds is 5. The molecule has 6 heteroatoms. The van der Waals surface area contributed by atoms with Gasteiger partial charge in [0.05, 0.1) is 25.7 Å². The average Bonchev–Trinajstić information content (AvgIpc) is 2.66. The van der Waals surface area contributed by atoms with Gasteiger partial charge in [0, 0.05) is 17.3 Å². The predicted molar refractivity (Wildman–Crippen MR) is 64.3 cm³/mol. The lowest BCUT2D eigenvalue weighted by atomic mass is 10.0. The van der Waals surface area contributed by atoms with Crippen molar-refractivity contribution in [3.05, 3.63) is 0 Å². The number of carbonyl (C=O) groups is 1. The Morgan fingerprint density at radius 2 is 2.38 bits per heavy atom. The molecule has 1 aliphatic rings. The Kier molecular flexibility index (Phi) is 5.54. The second kappa shape index (κ2) is 6.44. The number of nitrogens with two attached hydrogens (primary N) is 1. The van der Waals surface area contributed by atoms with Crippen molar-refractivity contribution < 1.29 is 14.6 Å². The van der Waals surface area contributed by atoms with Crippen LogP contribution in [0.4, 0.5) is 0 Å². The molecule has 1 saturated heterocycles. The number of nitrogens with one attached hydrogen (secondary N) is 1. The van der Waals surface area contributed by atoms with Crippen LogP contribution in [0.3, 0.4) is 0 Å². The topological polar surface area (TPSA) is 84.6 Å². The van der Waals surface area contributed by atoms with Crippen molar-refractivity contribution in [3.8, 4) is 0 Å². The van der Waals surface area contributed by atoms with Crippen molar-refractivity contribution in [1.29, 1.82) is 0 Å². The van der Waals surface area contributed by atoms with Crippen molar-refractivity contribution in [2.45, 2.75) is 24.3 Å². The number of aliphatic hydroxyl groups excluding tert-OH is 1. The molecule has 1 fully saturated rings. The van der Waals surface area contributed by atoms with Gasteiger partial charge in [-0.3, -0.25) is 4.79 Å². The first-order valence-electron chi connectivity index (χ1n) is 5.37. The first kappa shape index (κ1) is 13.8. The fourth-order valence-corrected chi connectivity index (χ4v) is 2.33. The van der Waals surface area contributed by atoms with Gasteiger partial charge in [-0.15, -0.1) is 0 Å². The molecular weight excluding hydrogens is 228 g/mol. The second-order valence-electron chi connectivity index (χ2n) is 4.06.